The first-order valence-corrected chi connectivity index (χ1v) is 6.40. The Kier molecular flexibility index (Phi) is 7.70. The molecular formula is C14H17ClN2O3. The number of carbonyl (C=O) groups is 1. The summed E-state index contributed by atoms with van der Waals surface area (Å²) in [5.41, 5.74) is 6.53. The first-order valence-electron chi connectivity index (χ1n) is 6.02. The third kappa shape index (κ3) is 6.04. The van der Waals surface area contributed by atoms with Gasteiger partial charge >= 0.3 is 0 Å². The number of amides is 1. The predicted octanol–water partition coefficient (Wildman–Crippen LogP) is 1.25. The highest BCUT2D eigenvalue weighted by Crippen LogP contribution is 2.19. The lowest BCUT2D eigenvalue weighted by molar-refractivity contribution is -0.121. The predicted molar refractivity (Wildman–Crippen MR) is 78.7 cm³/mol. The summed E-state index contributed by atoms with van der Waals surface area (Å²) in [6.45, 7) is 1.00. The summed E-state index contributed by atoms with van der Waals surface area (Å²) < 4.78 is 9.95. The van der Waals surface area contributed by atoms with Crippen molar-refractivity contribution in [3.8, 4) is 11.8 Å². The topological polar surface area (TPSA) is 73.6 Å². The van der Waals surface area contributed by atoms with Gasteiger partial charge in [0.15, 0.2) is 0 Å². The maximum Gasteiger partial charge on any atom is 0.250 e. The van der Waals surface area contributed by atoms with Crippen LogP contribution in [0.1, 0.15) is 5.56 Å². The Morgan fingerprint density at radius 1 is 1.45 bits per heavy atom. The van der Waals surface area contributed by atoms with E-state index < -0.39 is 0 Å². The van der Waals surface area contributed by atoms with E-state index in [4.69, 9.17) is 26.8 Å². The van der Waals surface area contributed by atoms with Crippen LogP contribution in [0.4, 0.5) is 5.69 Å². The first-order chi connectivity index (χ1) is 9.67. The lowest BCUT2D eigenvalue weighted by Crippen LogP contribution is -2.20. The average molecular weight is 297 g/mol. The number of carbonyl (C=O) groups excluding carboxylic acids is 1. The lowest BCUT2D eigenvalue weighted by Gasteiger charge is -2.08. The van der Waals surface area contributed by atoms with Gasteiger partial charge in [0.2, 0.25) is 5.91 Å². The van der Waals surface area contributed by atoms with E-state index >= 15 is 0 Å². The van der Waals surface area contributed by atoms with Crippen LogP contribution in [-0.2, 0) is 14.3 Å². The Bertz CT molecular complexity index is 509. The molecule has 0 saturated carbocycles. The fraction of sp³-hybridized carbons (Fsp3) is 0.357. The maximum absolute atomic E-state index is 11.7. The molecule has 0 fully saturated rings. The summed E-state index contributed by atoms with van der Waals surface area (Å²) >= 11 is 5.90. The molecule has 0 bridgehead atoms. The van der Waals surface area contributed by atoms with E-state index in [0.717, 1.165) is 0 Å². The van der Waals surface area contributed by atoms with Crippen molar-refractivity contribution in [3.63, 3.8) is 0 Å². The number of anilines is 1. The summed E-state index contributed by atoms with van der Waals surface area (Å²) in [7, 11) is 1.57. The molecule has 0 heterocycles. The van der Waals surface area contributed by atoms with Gasteiger partial charge in [0.25, 0.3) is 0 Å². The number of halogens is 1. The van der Waals surface area contributed by atoms with Crippen LogP contribution in [0.15, 0.2) is 18.2 Å². The third-order valence-electron chi connectivity index (χ3n) is 2.25. The van der Waals surface area contributed by atoms with E-state index in [1.54, 1.807) is 25.3 Å². The molecule has 5 nitrogen and oxygen atoms in total. The molecular weight excluding hydrogens is 280 g/mol. The first kappa shape index (κ1) is 16.5. The van der Waals surface area contributed by atoms with Crippen molar-refractivity contribution in [1.82, 2.24) is 0 Å². The number of benzene rings is 1. The SMILES string of the molecule is COCCOCC(=O)Nc1ccc(Cl)cc1C#CCN. The fourth-order valence-corrected chi connectivity index (χ4v) is 1.54. The number of ether oxygens (including phenoxy) is 2. The molecule has 0 aliphatic heterocycles. The molecule has 0 aromatic heterocycles. The number of nitrogens with one attached hydrogen (secondary N) is 1. The minimum Gasteiger partial charge on any atom is -0.382 e. The lowest BCUT2D eigenvalue weighted by atomic mass is 10.2. The van der Waals surface area contributed by atoms with Crippen molar-refractivity contribution in [2.45, 2.75) is 0 Å². The van der Waals surface area contributed by atoms with Crippen molar-refractivity contribution >= 4 is 23.2 Å². The van der Waals surface area contributed by atoms with Crippen LogP contribution < -0.4 is 11.1 Å². The zero-order valence-corrected chi connectivity index (χ0v) is 12.0. The number of rotatable bonds is 6. The quantitative estimate of drug-likeness (QED) is 0.612. The highest BCUT2D eigenvalue weighted by molar-refractivity contribution is 6.30. The van der Waals surface area contributed by atoms with Gasteiger partial charge < -0.3 is 20.5 Å². The Hall–Kier alpha value is -1.58. The molecule has 1 amide bonds. The van der Waals surface area contributed by atoms with Crippen LogP contribution in [0.2, 0.25) is 5.02 Å². The molecule has 6 heteroatoms. The van der Waals surface area contributed by atoms with Crippen LogP contribution in [0.25, 0.3) is 0 Å². The smallest absolute Gasteiger partial charge is 0.250 e. The Labute approximate surface area is 123 Å². The minimum absolute atomic E-state index is 0.0459. The third-order valence-corrected chi connectivity index (χ3v) is 2.48. The molecule has 0 atom stereocenters. The molecule has 0 unspecified atom stereocenters. The van der Waals surface area contributed by atoms with Gasteiger partial charge in [-0.3, -0.25) is 4.79 Å². The molecule has 108 valence electrons. The average Bonchev–Trinajstić information content (AvgIpc) is 2.44. The van der Waals surface area contributed by atoms with Crippen molar-refractivity contribution in [2.24, 2.45) is 5.73 Å². The standard InChI is InChI=1S/C14H17ClN2O3/c1-19-7-8-20-10-14(18)17-13-5-4-12(15)9-11(13)3-2-6-16/h4-5,9H,6-8,10,16H2,1H3,(H,17,18). The van der Waals surface area contributed by atoms with Gasteiger partial charge in [0.05, 0.1) is 25.4 Å². The fourth-order valence-electron chi connectivity index (χ4n) is 1.37. The zero-order chi connectivity index (χ0) is 14.8. The summed E-state index contributed by atoms with van der Waals surface area (Å²) in [4.78, 5) is 11.7. The van der Waals surface area contributed by atoms with E-state index in [1.807, 2.05) is 0 Å². The van der Waals surface area contributed by atoms with E-state index in [0.29, 0.717) is 29.5 Å². The summed E-state index contributed by atoms with van der Waals surface area (Å²) in [6, 6.07) is 5.04. The van der Waals surface area contributed by atoms with Gasteiger partial charge in [0, 0.05) is 17.7 Å². The molecule has 0 radical (unpaired) electrons. The van der Waals surface area contributed by atoms with Crippen molar-refractivity contribution < 1.29 is 14.3 Å². The van der Waals surface area contributed by atoms with Crippen LogP contribution in [0.3, 0.4) is 0 Å². The number of hydrogen-bond acceptors (Lipinski definition) is 4. The Morgan fingerprint density at radius 3 is 2.95 bits per heavy atom. The van der Waals surface area contributed by atoms with Crippen molar-refractivity contribution in [1.29, 1.82) is 0 Å². The van der Waals surface area contributed by atoms with Crippen LogP contribution in [-0.4, -0.2) is 39.4 Å². The van der Waals surface area contributed by atoms with E-state index in [9.17, 15) is 4.79 Å². The second-order valence-corrected chi connectivity index (χ2v) is 4.23. The van der Waals surface area contributed by atoms with Gasteiger partial charge in [-0.15, -0.1) is 0 Å². The molecule has 1 aromatic carbocycles. The number of nitrogens with two attached hydrogens (primary N) is 1. The highest BCUT2D eigenvalue weighted by atomic mass is 35.5. The summed E-state index contributed by atoms with van der Waals surface area (Å²) in [5, 5.41) is 3.26. The van der Waals surface area contributed by atoms with Crippen molar-refractivity contribution in [3.05, 3.63) is 28.8 Å². The summed E-state index contributed by atoms with van der Waals surface area (Å²) in [5.74, 6) is 5.32. The second kappa shape index (κ2) is 9.34. The van der Waals surface area contributed by atoms with Crippen molar-refractivity contribution in [2.75, 3.05) is 38.8 Å². The largest absolute Gasteiger partial charge is 0.382 e. The maximum atomic E-state index is 11.7. The molecule has 3 N–H and O–H groups in total. The van der Waals surface area contributed by atoms with Crippen LogP contribution in [0.5, 0.6) is 0 Å². The molecule has 20 heavy (non-hydrogen) atoms. The van der Waals surface area contributed by atoms with Gasteiger partial charge in [-0.25, -0.2) is 0 Å². The molecule has 0 saturated heterocycles. The van der Waals surface area contributed by atoms with E-state index in [-0.39, 0.29) is 19.1 Å². The van der Waals surface area contributed by atoms with Gasteiger partial charge in [-0.05, 0) is 18.2 Å². The normalized spacial score (nSPS) is 9.75. The molecule has 0 spiro atoms. The molecule has 1 aromatic rings. The number of methoxy groups -OCH3 is 1. The van der Waals surface area contributed by atoms with Crippen LogP contribution in [0, 0.1) is 11.8 Å². The van der Waals surface area contributed by atoms with Gasteiger partial charge in [0.1, 0.15) is 6.61 Å². The highest BCUT2D eigenvalue weighted by Gasteiger charge is 2.06. The monoisotopic (exact) mass is 296 g/mol. The summed E-state index contributed by atoms with van der Waals surface area (Å²) in [6.07, 6.45) is 0. The zero-order valence-electron chi connectivity index (χ0n) is 11.2. The Balaban J connectivity index is 2.64. The number of hydrogen-bond donors (Lipinski definition) is 2. The molecule has 1 rings (SSSR count). The van der Waals surface area contributed by atoms with Crippen LogP contribution >= 0.6 is 11.6 Å². The van der Waals surface area contributed by atoms with E-state index in [1.165, 1.54) is 0 Å². The molecule has 0 aliphatic rings. The molecule has 0 aliphatic carbocycles. The van der Waals surface area contributed by atoms with Gasteiger partial charge in [-0.1, -0.05) is 23.4 Å². The Morgan fingerprint density at radius 2 is 2.25 bits per heavy atom. The second-order valence-electron chi connectivity index (χ2n) is 3.79. The van der Waals surface area contributed by atoms with Gasteiger partial charge in [-0.2, -0.15) is 0 Å². The minimum atomic E-state index is -0.265. The van der Waals surface area contributed by atoms with E-state index in [2.05, 4.69) is 17.2 Å².